The Labute approximate surface area is 99.9 Å². The molecule has 2 N–H and O–H groups in total. The molecule has 0 atom stereocenters. The lowest BCUT2D eigenvalue weighted by Crippen LogP contribution is -1.99. The number of rotatable bonds is 3. The molecule has 0 bridgehead atoms. The molecule has 3 nitrogen and oxygen atoms in total. The molecule has 15 heavy (non-hydrogen) atoms. The lowest BCUT2D eigenvalue weighted by atomic mass is 10.2. The molecule has 5 heteroatoms. The normalized spacial score (nSPS) is 10.2. The second-order valence-electron chi connectivity index (χ2n) is 2.94. The van der Waals surface area contributed by atoms with E-state index in [4.69, 9.17) is 0 Å². The predicted molar refractivity (Wildman–Crippen MR) is 65.2 cm³/mol. The lowest BCUT2D eigenvalue weighted by molar-refractivity contribution is 0.465. The Hall–Kier alpha value is -1.07. The van der Waals surface area contributed by atoms with Crippen LogP contribution in [0.15, 0.2) is 34.2 Å². The smallest absolute Gasteiger partial charge is 0.182 e. The number of nitrogens with zero attached hydrogens (tertiary/aromatic N) is 1. The van der Waals surface area contributed by atoms with Gasteiger partial charge >= 0.3 is 0 Å². The van der Waals surface area contributed by atoms with Crippen LogP contribution in [0.3, 0.4) is 0 Å². The summed E-state index contributed by atoms with van der Waals surface area (Å²) >= 11 is 4.81. The molecule has 2 aromatic rings. The minimum absolute atomic E-state index is 0.279. The van der Waals surface area contributed by atoms with Gasteiger partial charge in [-0.15, -0.1) is 11.3 Å². The molecule has 0 aliphatic heterocycles. The summed E-state index contributed by atoms with van der Waals surface area (Å²) in [7, 11) is 0. The molecule has 0 saturated carbocycles. The summed E-state index contributed by atoms with van der Waals surface area (Å²) in [4.78, 5) is 4.10. The molecule has 1 aromatic carbocycles. The highest BCUT2D eigenvalue weighted by Crippen LogP contribution is 2.28. The summed E-state index contributed by atoms with van der Waals surface area (Å²) < 4.78 is 0.709. The maximum atomic E-state index is 9.72. The third-order valence-electron chi connectivity index (χ3n) is 1.93. The van der Waals surface area contributed by atoms with Crippen molar-refractivity contribution in [2.75, 3.05) is 5.32 Å². The van der Waals surface area contributed by atoms with E-state index in [1.807, 2.05) is 23.6 Å². The van der Waals surface area contributed by atoms with Gasteiger partial charge in [-0.1, -0.05) is 12.1 Å². The highest BCUT2D eigenvalue weighted by atomic mass is 79.9. The van der Waals surface area contributed by atoms with Crippen LogP contribution in [0.5, 0.6) is 5.75 Å². The number of para-hydroxylation sites is 1. The van der Waals surface area contributed by atoms with Crippen molar-refractivity contribution in [3.63, 3.8) is 0 Å². The average Bonchev–Trinajstić information content (AvgIpc) is 2.73. The molecule has 0 spiro atoms. The molecule has 0 aliphatic carbocycles. The molecule has 0 radical (unpaired) electrons. The Morgan fingerprint density at radius 3 is 3.07 bits per heavy atom. The van der Waals surface area contributed by atoms with Gasteiger partial charge in [0.05, 0.1) is 4.47 Å². The van der Waals surface area contributed by atoms with Crippen molar-refractivity contribution in [1.82, 2.24) is 4.98 Å². The number of hydrogen-bond donors (Lipinski definition) is 2. The van der Waals surface area contributed by atoms with Crippen molar-refractivity contribution < 1.29 is 5.11 Å². The van der Waals surface area contributed by atoms with Gasteiger partial charge in [0, 0.05) is 23.7 Å². The van der Waals surface area contributed by atoms with Gasteiger partial charge in [0.15, 0.2) is 5.13 Å². The summed E-state index contributed by atoms with van der Waals surface area (Å²) in [5, 5.41) is 15.6. The van der Waals surface area contributed by atoms with Crippen molar-refractivity contribution in [2.24, 2.45) is 0 Å². The molecule has 0 aliphatic rings. The number of phenols is 1. The van der Waals surface area contributed by atoms with Crippen LogP contribution in [0, 0.1) is 0 Å². The molecule has 1 aromatic heterocycles. The van der Waals surface area contributed by atoms with Gasteiger partial charge in [0.1, 0.15) is 5.75 Å². The van der Waals surface area contributed by atoms with E-state index < -0.39 is 0 Å². The van der Waals surface area contributed by atoms with Crippen molar-refractivity contribution in [2.45, 2.75) is 6.54 Å². The van der Waals surface area contributed by atoms with E-state index in [-0.39, 0.29) is 5.75 Å². The molecule has 0 fully saturated rings. The quantitative estimate of drug-likeness (QED) is 0.910. The van der Waals surface area contributed by atoms with Crippen LogP contribution in [0.1, 0.15) is 5.56 Å². The van der Waals surface area contributed by atoms with Crippen molar-refractivity contribution in [1.29, 1.82) is 0 Å². The number of aromatic hydroxyl groups is 1. The number of phenolic OH excluding ortho intramolecular Hbond substituents is 1. The Morgan fingerprint density at radius 2 is 2.33 bits per heavy atom. The van der Waals surface area contributed by atoms with Crippen LogP contribution in [-0.2, 0) is 6.54 Å². The second-order valence-corrected chi connectivity index (χ2v) is 4.69. The first kappa shape index (κ1) is 10.4. The molecular weight excluding hydrogens is 276 g/mol. The van der Waals surface area contributed by atoms with Crippen LogP contribution in [0.2, 0.25) is 0 Å². The monoisotopic (exact) mass is 284 g/mol. The van der Waals surface area contributed by atoms with E-state index in [1.54, 1.807) is 6.20 Å². The van der Waals surface area contributed by atoms with Crippen LogP contribution in [-0.4, -0.2) is 10.1 Å². The third-order valence-corrected chi connectivity index (χ3v) is 3.30. The van der Waals surface area contributed by atoms with Gasteiger partial charge in [-0.2, -0.15) is 0 Å². The third kappa shape index (κ3) is 2.49. The minimum Gasteiger partial charge on any atom is -0.506 e. The first-order valence-corrected chi connectivity index (χ1v) is 6.04. The zero-order chi connectivity index (χ0) is 10.7. The molecule has 0 amide bonds. The van der Waals surface area contributed by atoms with Gasteiger partial charge in [-0.3, -0.25) is 0 Å². The van der Waals surface area contributed by atoms with Crippen molar-refractivity contribution in [3.8, 4) is 5.75 Å². The summed E-state index contributed by atoms with van der Waals surface area (Å²) in [6.45, 7) is 0.568. The van der Waals surface area contributed by atoms with Gasteiger partial charge in [0.2, 0.25) is 0 Å². The fourth-order valence-corrected chi connectivity index (χ4v) is 2.12. The number of nitrogens with one attached hydrogen (secondary N) is 1. The summed E-state index contributed by atoms with van der Waals surface area (Å²) in [6, 6.07) is 5.57. The van der Waals surface area contributed by atoms with E-state index >= 15 is 0 Å². The topological polar surface area (TPSA) is 45.1 Å². The van der Waals surface area contributed by atoms with Crippen molar-refractivity contribution >= 4 is 32.4 Å². The molecule has 0 saturated heterocycles. The Kier molecular flexibility index (Phi) is 3.23. The summed E-state index contributed by atoms with van der Waals surface area (Å²) in [6.07, 6.45) is 1.74. The van der Waals surface area contributed by atoms with Gasteiger partial charge < -0.3 is 10.4 Å². The number of benzene rings is 1. The Balaban J connectivity index is 2.08. The maximum absolute atomic E-state index is 9.72. The van der Waals surface area contributed by atoms with Crippen LogP contribution in [0.4, 0.5) is 5.13 Å². The number of thiazole rings is 1. The lowest BCUT2D eigenvalue weighted by Gasteiger charge is -2.06. The van der Waals surface area contributed by atoms with E-state index in [9.17, 15) is 5.11 Å². The minimum atomic E-state index is 0.279. The number of anilines is 1. The molecule has 2 rings (SSSR count). The highest BCUT2D eigenvalue weighted by Gasteiger charge is 2.04. The fraction of sp³-hybridized carbons (Fsp3) is 0.100. The van der Waals surface area contributed by atoms with Crippen LogP contribution < -0.4 is 5.32 Å². The van der Waals surface area contributed by atoms with E-state index in [0.29, 0.717) is 11.0 Å². The number of hydrogen-bond acceptors (Lipinski definition) is 4. The predicted octanol–water partition coefficient (Wildman–Crippen LogP) is 3.22. The van der Waals surface area contributed by atoms with Crippen LogP contribution in [0.25, 0.3) is 0 Å². The average molecular weight is 285 g/mol. The molecule has 1 heterocycles. The van der Waals surface area contributed by atoms with Crippen molar-refractivity contribution in [3.05, 3.63) is 39.8 Å². The summed E-state index contributed by atoms with van der Waals surface area (Å²) in [5.41, 5.74) is 0.847. The maximum Gasteiger partial charge on any atom is 0.182 e. The zero-order valence-electron chi connectivity index (χ0n) is 7.77. The second kappa shape index (κ2) is 4.63. The zero-order valence-corrected chi connectivity index (χ0v) is 10.2. The molecule has 0 unspecified atom stereocenters. The van der Waals surface area contributed by atoms with Gasteiger partial charge in [0.25, 0.3) is 0 Å². The summed E-state index contributed by atoms with van der Waals surface area (Å²) in [5.74, 6) is 0.279. The highest BCUT2D eigenvalue weighted by molar-refractivity contribution is 9.10. The van der Waals surface area contributed by atoms with Crippen LogP contribution >= 0.6 is 27.3 Å². The number of halogens is 1. The van der Waals surface area contributed by atoms with Gasteiger partial charge in [-0.05, 0) is 22.0 Å². The Bertz CT molecular complexity index is 445. The van der Waals surface area contributed by atoms with E-state index in [1.165, 1.54) is 11.3 Å². The number of aromatic nitrogens is 1. The SMILES string of the molecule is Oc1c(Br)cccc1CNc1nccs1. The first-order valence-electron chi connectivity index (χ1n) is 4.37. The largest absolute Gasteiger partial charge is 0.506 e. The van der Waals surface area contributed by atoms with E-state index in [2.05, 4.69) is 26.2 Å². The Morgan fingerprint density at radius 1 is 1.47 bits per heavy atom. The van der Waals surface area contributed by atoms with E-state index in [0.717, 1.165) is 10.7 Å². The molecular formula is C10H9BrN2OS. The molecule has 78 valence electrons. The standard InChI is InChI=1S/C10H9BrN2OS/c11-8-3-1-2-7(9(8)14)6-13-10-12-4-5-15-10/h1-5,14H,6H2,(H,12,13). The fourth-order valence-electron chi connectivity index (χ4n) is 1.18. The van der Waals surface area contributed by atoms with Gasteiger partial charge in [-0.25, -0.2) is 4.98 Å². The first-order chi connectivity index (χ1) is 7.27.